The van der Waals surface area contributed by atoms with Gasteiger partial charge in [0, 0.05) is 24.0 Å². The Labute approximate surface area is 120 Å². The van der Waals surface area contributed by atoms with Crippen molar-refractivity contribution in [2.45, 2.75) is 20.3 Å². The number of benzene rings is 2. The van der Waals surface area contributed by atoms with Crippen LogP contribution in [0.5, 0.6) is 0 Å². The van der Waals surface area contributed by atoms with Gasteiger partial charge in [-0.1, -0.05) is 12.1 Å². The highest BCUT2D eigenvalue weighted by Crippen LogP contribution is 2.30. The van der Waals surface area contributed by atoms with Crippen LogP contribution in [0.2, 0.25) is 0 Å². The molecule has 2 aromatic rings. The Balaban J connectivity index is 2.47. The molecule has 20 heavy (non-hydrogen) atoms. The van der Waals surface area contributed by atoms with Crippen LogP contribution in [0, 0.1) is 19.7 Å². The van der Waals surface area contributed by atoms with Gasteiger partial charge in [0.1, 0.15) is 5.82 Å². The van der Waals surface area contributed by atoms with Crippen LogP contribution in [0.4, 0.5) is 15.8 Å². The van der Waals surface area contributed by atoms with Crippen LogP contribution in [0.3, 0.4) is 0 Å². The third-order valence-corrected chi connectivity index (χ3v) is 3.44. The number of anilines is 2. The number of nitrogens with zero attached hydrogens (tertiary/aromatic N) is 1. The lowest BCUT2D eigenvalue weighted by atomic mass is 10.1. The topological polar surface area (TPSA) is 29.3 Å². The maximum Gasteiger partial charge on any atom is 0.128 e. The second-order valence-corrected chi connectivity index (χ2v) is 5.18. The van der Waals surface area contributed by atoms with Crippen molar-refractivity contribution < 1.29 is 4.39 Å². The minimum Gasteiger partial charge on any atom is -0.344 e. The molecule has 0 aliphatic carbocycles. The van der Waals surface area contributed by atoms with Gasteiger partial charge in [-0.05, 0) is 62.2 Å². The van der Waals surface area contributed by atoms with Gasteiger partial charge in [0.25, 0.3) is 0 Å². The average Bonchev–Trinajstić information content (AvgIpc) is 2.39. The summed E-state index contributed by atoms with van der Waals surface area (Å²) in [6, 6.07) is 11.5. The van der Waals surface area contributed by atoms with E-state index in [4.69, 9.17) is 5.73 Å². The molecule has 2 aromatic carbocycles. The Morgan fingerprint density at radius 3 is 2.35 bits per heavy atom. The third kappa shape index (κ3) is 2.99. The summed E-state index contributed by atoms with van der Waals surface area (Å²) in [5, 5.41) is 0. The molecular formula is C17H21FN2. The molecule has 0 aromatic heterocycles. The summed E-state index contributed by atoms with van der Waals surface area (Å²) in [5.41, 5.74) is 10.6. The van der Waals surface area contributed by atoms with Gasteiger partial charge in [-0.15, -0.1) is 0 Å². The van der Waals surface area contributed by atoms with Crippen LogP contribution in [-0.4, -0.2) is 13.6 Å². The summed E-state index contributed by atoms with van der Waals surface area (Å²) < 4.78 is 14.0. The summed E-state index contributed by atoms with van der Waals surface area (Å²) in [6.07, 6.45) is 0.539. The minimum atomic E-state index is -0.191. The Kier molecular flexibility index (Phi) is 4.40. The molecule has 0 saturated carbocycles. The van der Waals surface area contributed by atoms with Gasteiger partial charge in [-0.3, -0.25) is 0 Å². The largest absolute Gasteiger partial charge is 0.344 e. The first-order chi connectivity index (χ1) is 9.52. The zero-order valence-corrected chi connectivity index (χ0v) is 12.3. The van der Waals surface area contributed by atoms with E-state index in [0.717, 1.165) is 11.4 Å². The number of hydrogen-bond acceptors (Lipinski definition) is 2. The molecule has 0 radical (unpaired) electrons. The fourth-order valence-electron chi connectivity index (χ4n) is 2.54. The van der Waals surface area contributed by atoms with Gasteiger partial charge < -0.3 is 10.6 Å². The Morgan fingerprint density at radius 1 is 1.10 bits per heavy atom. The predicted molar refractivity (Wildman–Crippen MR) is 83.1 cm³/mol. The molecule has 0 saturated heterocycles. The van der Waals surface area contributed by atoms with Crippen LogP contribution < -0.4 is 10.6 Å². The number of hydrogen-bond donors (Lipinski definition) is 1. The van der Waals surface area contributed by atoms with Crippen molar-refractivity contribution in [3.8, 4) is 0 Å². The maximum atomic E-state index is 14.0. The van der Waals surface area contributed by atoms with Crippen molar-refractivity contribution in [2.24, 2.45) is 5.73 Å². The Bertz CT molecular complexity index is 588. The van der Waals surface area contributed by atoms with E-state index in [-0.39, 0.29) is 5.82 Å². The SMILES string of the molecule is Cc1cc(C)cc(N(C)c2cccc(F)c2CCN)c1. The number of nitrogens with two attached hydrogens (primary N) is 1. The third-order valence-electron chi connectivity index (χ3n) is 3.44. The highest BCUT2D eigenvalue weighted by molar-refractivity contribution is 5.67. The first-order valence-corrected chi connectivity index (χ1v) is 6.82. The molecule has 2 nitrogen and oxygen atoms in total. The van der Waals surface area contributed by atoms with E-state index in [9.17, 15) is 4.39 Å². The van der Waals surface area contributed by atoms with E-state index in [2.05, 4.69) is 32.0 Å². The molecule has 2 rings (SSSR count). The van der Waals surface area contributed by atoms with E-state index in [0.29, 0.717) is 18.5 Å². The van der Waals surface area contributed by atoms with Crippen molar-refractivity contribution in [3.05, 3.63) is 58.9 Å². The van der Waals surface area contributed by atoms with Crippen LogP contribution in [0.15, 0.2) is 36.4 Å². The molecule has 0 unspecified atom stereocenters. The van der Waals surface area contributed by atoms with E-state index in [1.165, 1.54) is 17.2 Å². The highest BCUT2D eigenvalue weighted by Gasteiger charge is 2.13. The fraction of sp³-hybridized carbons (Fsp3) is 0.294. The Morgan fingerprint density at radius 2 is 1.75 bits per heavy atom. The van der Waals surface area contributed by atoms with Crippen molar-refractivity contribution in [2.75, 3.05) is 18.5 Å². The molecular weight excluding hydrogens is 251 g/mol. The normalized spacial score (nSPS) is 10.7. The van der Waals surface area contributed by atoms with Crippen molar-refractivity contribution in [1.82, 2.24) is 0 Å². The molecule has 0 atom stereocenters. The Hall–Kier alpha value is -1.87. The average molecular weight is 272 g/mol. The van der Waals surface area contributed by atoms with Gasteiger partial charge in [-0.25, -0.2) is 4.39 Å². The summed E-state index contributed by atoms with van der Waals surface area (Å²) in [6.45, 7) is 4.57. The van der Waals surface area contributed by atoms with Gasteiger partial charge >= 0.3 is 0 Å². The van der Waals surface area contributed by atoms with Gasteiger partial charge in [0.05, 0.1) is 0 Å². The predicted octanol–water partition coefficient (Wildman–Crippen LogP) is 3.71. The fourth-order valence-corrected chi connectivity index (χ4v) is 2.54. The first-order valence-electron chi connectivity index (χ1n) is 6.82. The second-order valence-electron chi connectivity index (χ2n) is 5.18. The molecule has 0 heterocycles. The van der Waals surface area contributed by atoms with Crippen molar-refractivity contribution >= 4 is 11.4 Å². The summed E-state index contributed by atoms with van der Waals surface area (Å²) in [7, 11) is 1.96. The molecule has 3 heteroatoms. The lowest BCUT2D eigenvalue weighted by Crippen LogP contribution is -2.15. The molecule has 0 amide bonds. The monoisotopic (exact) mass is 272 g/mol. The molecule has 0 bridgehead atoms. The quantitative estimate of drug-likeness (QED) is 0.919. The van der Waals surface area contributed by atoms with E-state index < -0.39 is 0 Å². The molecule has 0 aliphatic rings. The van der Waals surface area contributed by atoms with Crippen LogP contribution in [-0.2, 0) is 6.42 Å². The number of aryl methyl sites for hydroxylation is 2. The maximum absolute atomic E-state index is 14.0. The smallest absolute Gasteiger partial charge is 0.128 e. The van der Waals surface area contributed by atoms with Gasteiger partial charge in [0.15, 0.2) is 0 Å². The minimum absolute atomic E-state index is 0.191. The number of halogens is 1. The lowest BCUT2D eigenvalue weighted by Gasteiger charge is -2.24. The van der Waals surface area contributed by atoms with E-state index in [1.54, 1.807) is 6.07 Å². The first kappa shape index (κ1) is 14.5. The molecule has 106 valence electrons. The zero-order chi connectivity index (χ0) is 14.7. The molecule has 0 spiro atoms. The van der Waals surface area contributed by atoms with Crippen molar-refractivity contribution in [3.63, 3.8) is 0 Å². The van der Waals surface area contributed by atoms with E-state index >= 15 is 0 Å². The lowest BCUT2D eigenvalue weighted by molar-refractivity contribution is 0.609. The van der Waals surface area contributed by atoms with Crippen LogP contribution >= 0.6 is 0 Å². The molecule has 2 N–H and O–H groups in total. The van der Waals surface area contributed by atoms with Crippen molar-refractivity contribution in [1.29, 1.82) is 0 Å². The van der Waals surface area contributed by atoms with Crippen LogP contribution in [0.1, 0.15) is 16.7 Å². The van der Waals surface area contributed by atoms with Crippen LogP contribution in [0.25, 0.3) is 0 Å². The molecule has 0 aliphatic heterocycles. The highest BCUT2D eigenvalue weighted by atomic mass is 19.1. The zero-order valence-electron chi connectivity index (χ0n) is 12.3. The summed E-state index contributed by atoms with van der Waals surface area (Å²) >= 11 is 0. The standard InChI is InChI=1S/C17H21FN2/c1-12-9-13(2)11-14(10-12)20(3)17-6-4-5-16(18)15(17)7-8-19/h4-6,9-11H,7-8,19H2,1-3H3. The van der Waals surface area contributed by atoms with Gasteiger partial charge in [-0.2, -0.15) is 0 Å². The summed E-state index contributed by atoms with van der Waals surface area (Å²) in [5.74, 6) is -0.191. The van der Waals surface area contributed by atoms with E-state index in [1.807, 2.05) is 18.0 Å². The molecule has 0 fully saturated rings. The summed E-state index contributed by atoms with van der Waals surface area (Å²) in [4.78, 5) is 2.02. The van der Waals surface area contributed by atoms with Gasteiger partial charge in [0.2, 0.25) is 0 Å². The second kappa shape index (κ2) is 6.06. The number of rotatable bonds is 4.